The maximum absolute atomic E-state index is 12.9. The number of hydrogen-bond donors (Lipinski definition) is 1. The topological polar surface area (TPSA) is 49.4 Å². The van der Waals surface area contributed by atoms with Gasteiger partial charge >= 0.3 is 0 Å². The van der Waals surface area contributed by atoms with E-state index in [-0.39, 0.29) is 11.8 Å². The predicted octanol–water partition coefficient (Wildman–Crippen LogP) is 4.56. The number of halogens is 1. The third-order valence-electron chi connectivity index (χ3n) is 4.58. The Labute approximate surface area is 183 Å². The van der Waals surface area contributed by atoms with Gasteiger partial charge in [0.25, 0.3) is 0 Å². The largest absolute Gasteiger partial charge is 0.354 e. The number of amides is 2. The van der Waals surface area contributed by atoms with Crippen molar-refractivity contribution in [2.75, 3.05) is 18.8 Å². The Morgan fingerprint density at radius 2 is 1.83 bits per heavy atom. The number of hydrogen-bond acceptors (Lipinski definition) is 3. The molecule has 0 saturated carbocycles. The van der Waals surface area contributed by atoms with Gasteiger partial charge in [0.15, 0.2) is 0 Å². The quantitative estimate of drug-likeness (QED) is 0.566. The summed E-state index contributed by atoms with van der Waals surface area (Å²) in [6.07, 6.45) is 1.59. The summed E-state index contributed by atoms with van der Waals surface area (Å²) in [5.41, 5.74) is 2.23. The van der Waals surface area contributed by atoms with Crippen molar-refractivity contribution in [2.45, 2.75) is 38.5 Å². The summed E-state index contributed by atoms with van der Waals surface area (Å²) in [5, 5.41) is 3.59. The summed E-state index contributed by atoms with van der Waals surface area (Å²) >= 11 is 7.56. The summed E-state index contributed by atoms with van der Waals surface area (Å²) in [7, 11) is 0. The average molecular weight is 433 g/mol. The van der Waals surface area contributed by atoms with Gasteiger partial charge in [0.05, 0.1) is 5.75 Å². The van der Waals surface area contributed by atoms with E-state index in [1.54, 1.807) is 11.8 Å². The van der Waals surface area contributed by atoms with Crippen molar-refractivity contribution in [1.29, 1.82) is 0 Å². The van der Waals surface area contributed by atoms with Crippen molar-refractivity contribution in [2.24, 2.45) is 0 Å². The Bertz CT molecular complexity index is 785. The standard InChI is InChI=1S/C23H29ClN2O2S/c1-3-13-25-23(28)18(2)26(14-12-19-8-5-4-6-9-19)22(27)17-29-16-20-10-7-11-21(24)15-20/h4-11,15,18H,3,12-14,16-17H2,1-2H3,(H,25,28). The second-order valence-electron chi connectivity index (χ2n) is 6.91. The van der Waals surface area contributed by atoms with Gasteiger partial charge in [0.1, 0.15) is 6.04 Å². The molecule has 6 heteroatoms. The van der Waals surface area contributed by atoms with Crippen molar-refractivity contribution in [3.05, 3.63) is 70.7 Å². The van der Waals surface area contributed by atoms with Gasteiger partial charge in [-0.05, 0) is 43.0 Å². The summed E-state index contributed by atoms with van der Waals surface area (Å²) in [4.78, 5) is 27.1. The second kappa shape index (κ2) is 12.6. The number of nitrogens with zero attached hydrogens (tertiary/aromatic N) is 1. The monoisotopic (exact) mass is 432 g/mol. The molecule has 1 N–H and O–H groups in total. The van der Waals surface area contributed by atoms with Crippen molar-refractivity contribution in [3.63, 3.8) is 0 Å². The molecule has 2 aromatic carbocycles. The molecular formula is C23H29ClN2O2S. The highest BCUT2D eigenvalue weighted by Crippen LogP contribution is 2.17. The molecule has 1 unspecified atom stereocenters. The van der Waals surface area contributed by atoms with E-state index in [2.05, 4.69) is 5.32 Å². The lowest BCUT2D eigenvalue weighted by Gasteiger charge is -2.28. The lowest BCUT2D eigenvalue weighted by molar-refractivity contribution is -0.137. The van der Waals surface area contributed by atoms with Gasteiger partial charge in [-0.25, -0.2) is 0 Å². The van der Waals surface area contributed by atoms with Crippen molar-refractivity contribution in [1.82, 2.24) is 10.2 Å². The normalized spacial score (nSPS) is 11.7. The molecule has 0 aliphatic rings. The first-order valence-corrected chi connectivity index (χ1v) is 11.5. The van der Waals surface area contributed by atoms with Crippen LogP contribution in [0.4, 0.5) is 0 Å². The van der Waals surface area contributed by atoms with Crippen molar-refractivity contribution >= 4 is 35.2 Å². The summed E-state index contributed by atoms with van der Waals surface area (Å²) in [6.45, 7) is 4.94. The minimum atomic E-state index is -0.496. The number of thioether (sulfide) groups is 1. The number of rotatable bonds is 11. The number of benzene rings is 2. The van der Waals surface area contributed by atoms with E-state index in [1.165, 1.54) is 11.8 Å². The molecular weight excluding hydrogens is 404 g/mol. The maximum Gasteiger partial charge on any atom is 0.242 e. The van der Waals surface area contributed by atoms with Gasteiger partial charge < -0.3 is 10.2 Å². The summed E-state index contributed by atoms with van der Waals surface area (Å²) in [5.74, 6) is 0.905. The molecule has 0 radical (unpaired) electrons. The highest BCUT2D eigenvalue weighted by molar-refractivity contribution is 7.99. The Kier molecular flexibility index (Phi) is 10.1. The molecule has 0 aromatic heterocycles. The molecule has 0 fully saturated rings. The van der Waals surface area contributed by atoms with Crippen LogP contribution in [0.2, 0.25) is 5.02 Å². The lowest BCUT2D eigenvalue weighted by Crippen LogP contribution is -2.49. The van der Waals surface area contributed by atoms with E-state index in [9.17, 15) is 9.59 Å². The molecule has 156 valence electrons. The molecule has 0 heterocycles. The van der Waals surface area contributed by atoms with Crippen LogP contribution < -0.4 is 5.32 Å². The fraction of sp³-hybridized carbons (Fsp3) is 0.391. The minimum absolute atomic E-state index is 0.0212. The van der Waals surface area contributed by atoms with Crippen molar-refractivity contribution < 1.29 is 9.59 Å². The lowest BCUT2D eigenvalue weighted by atomic mass is 10.1. The molecule has 29 heavy (non-hydrogen) atoms. The third kappa shape index (κ3) is 8.11. The predicted molar refractivity (Wildman–Crippen MR) is 122 cm³/mol. The van der Waals surface area contributed by atoms with E-state index >= 15 is 0 Å². The molecule has 0 aliphatic carbocycles. The molecule has 2 aromatic rings. The molecule has 4 nitrogen and oxygen atoms in total. The number of carbonyl (C=O) groups is 2. The minimum Gasteiger partial charge on any atom is -0.354 e. The van der Waals surface area contributed by atoms with Crippen LogP contribution in [0.3, 0.4) is 0 Å². The SMILES string of the molecule is CCCNC(=O)C(C)N(CCc1ccccc1)C(=O)CSCc1cccc(Cl)c1. The Hall–Kier alpha value is -1.98. The van der Waals surface area contributed by atoms with Crippen LogP contribution in [0.1, 0.15) is 31.4 Å². The number of nitrogens with one attached hydrogen (secondary N) is 1. The molecule has 2 amide bonds. The molecule has 1 atom stereocenters. The van der Waals surface area contributed by atoms with E-state index < -0.39 is 6.04 Å². The van der Waals surface area contributed by atoms with Crippen LogP contribution in [0.5, 0.6) is 0 Å². The van der Waals surface area contributed by atoms with Gasteiger partial charge in [-0.2, -0.15) is 0 Å². The Morgan fingerprint density at radius 3 is 2.52 bits per heavy atom. The van der Waals surface area contributed by atoms with E-state index in [0.29, 0.717) is 29.6 Å². The summed E-state index contributed by atoms with van der Waals surface area (Å²) < 4.78 is 0. The summed E-state index contributed by atoms with van der Waals surface area (Å²) in [6, 6.07) is 17.2. The number of carbonyl (C=O) groups excluding carboxylic acids is 2. The van der Waals surface area contributed by atoms with Gasteiger partial charge in [-0.15, -0.1) is 11.8 Å². The van der Waals surface area contributed by atoms with Crippen LogP contribution >= 0.6 is 23.4 Å². The smallest absolute Gasteiger partial charge is 0.242 e. The first kappa shape index (κ1) is 23.3. The van der Waals surface area contributed by atoms with E-state index in [4.69, 9.17) is 11.6 Å². The van der Waals surface area contributed by atoms with Gasteiger partial charge in [0.2, 0.25) is 11.8 Å². The van der Waals surface area contributed by atoms with E-state index in [1.807, 2.05) is 61.5 Å². The Balaban J connectivity index is 1.97. The second-order valence-corrected chi connectivity index (χ2v) is 8.33. The Morgan fingerprint density at radius 1 is 1.10 bits per heavy atom. The van der Waals surface area contributed by atoms with Gasteiger partial charge in [0, 0.05) is 23.9 Å². The molecule has 0 bridgehead atoms. The zero-order valence-electron chi connectivity index (χ0n) is 17.1. The zero-order valence-corrected chi connectivity index (χ0v) is 18.6. The zero-order chi connectivity index (χ0) is 21.1. The fourth-order valence-corrected chi connectivity index (χ4v) is 4.00. The molecule has 0 aliphatic heterocycles. The van der Waals surface area contributed by atoms with Gasteiger partial charge in [-0.1, -0.05) is 61.0 Å². The maximum atomic E-state index is 12.9. The first-order valence-electron chi connectivity index (χ1n) is 9.94. The third-order valence-corrected chi connectivity index (χ3v) is 5.81. The van der Waals surface area contributed by atoms with Crippen LogP contribution in [-0.2, 0) is 21.8 Å². The van der Waals surface area contributed by atoms with Gasteiger partial charge in [-0.3, -0.25) is 9.59 Å². The molecule has 0 spiro atoms. The van der Waals surface area contributed by atoms with Crippen LogP contribution in [0.15, 0.2) is 54.6 Å². The highest BCUT2D eigenvalue weighted by atomic mass is 35.5. The fourth-order valence-electron chi connectivity index (χ4n) is 2.93. The van der Waals surface area contributed by atoms with Crippen LogP contribution in [0.25, 0.3) is 0 Å². The van der Waals surface area contributed by atoms with Crippen molar-refractivity contribution in [3.8, 4) is 0 Å². The molecule has 0 saturated heterocycles. The first-order chi connectivity index (χ1) is 14.0. The van der Waals surface area contributed by atoms with Crippen LogP contribution in [-0.4, -0.2) is 41.6 Å². The highest BCUT2D eigenvalue weighted by Gasteiger charge is 2.25. The van der Waals surface area contributed by atoms with E-state index in [0.717, 1.165) is 24.0 Å². The van der Waals surface area contributed by atoms with Crippen LogP contribution in [0, 0.1) is 0 Å². The molecule has 2 rings (SSSR count). The average Bonchev–Trinajstić information content (AvgIpc) is 2.72.